The topological polar surface area (TPSA) is 44.0 Å². The molecule has 24 heavy (non-hydrogen) atoms. The van der Waals surface area contributed by atoms with E-state index in [1.165, 1.54) is 34.8 Å². The SMILES string of the molecule is O=c1ccsc(=S)n1Cc1ccc(Cn2c(=O)ccsc2=S)cc1. The molecule has 0 radical (unpaired) electrons. The Morgan fingerprint density at radius 1 is 0.708 bits per heavy atom. The fourth-order valence-corrected chi connectivity index (χ4v) is 4.00. The average Bonchev–Trinajstić information content (AvgIpc) is 2.56. The number of hydrogen-bond acceptors (Lipinski definition) is 6. The van der Waals surface area contributed by atoms with Gasteiger partial charge in [0.2, 0.25) is 0 Å². The molecule has 3 aromatic rings. The molecule has 0 unspecified atom stereocenters. The lowest BCUT2D eigenvalue weighted by molar-refractivity contribution is 0.751. The minimum absolute atomic E-state index is 0.101. The lowest BCUT2D eigenvalue weighted by Gasteiger charge is -2.08. The quantitative estimate of drug-likeness (QED) is 0.635. The first-order valence-corrected chi connectivity index (χ1v) is 9.57. The Bertz CT molecular complexity index is 946. The van der Waals surface area contributed by atoms with E-state index in [1.807, 2.05) is 24.3 Å². The van der Waals surface area contributed by atoms with Gasteiger partial charge in [-0.25, -0.2) is 0 Å². The number of aromatic nitrogens is 2. The fraction of sp³-hybridized carbons (Fsp3) is 0.125. The van der Waals surface area contributed by atoms with E-state index in [-0.39, 0.29) is 11.1 Å². The van der Waals surface area contributed by atoms with Crippen LogP contribution in [-0.2, 0) is 13.1 Å². The molecule has 4 nitrogen and oxygen atoms in total. The van der Waals surface area contributed by atoms with E-state index in [4.69, 9.17) is 24.4 Å². The number of rotatable bonds is 4. The summed E-state index contributed by atoms with van der Waals surface area (Å²) in [6, 6.07) is 10.8. The summed E-state index contributed by atoms with van der Waals surface area (Å²) < 4.78 is 4.25. The summed E-state index contributed by atoms with van der Waals surface area (Å²) in [5.74, 6) is 0. The molecular formula is C16H12N2O2S4. The highest BCUT2D eigenvalue weighted by Crippen LogP contribution is 2.09. The first kappa shape index (κ1) is 17.1. The minimum Gasteiger partial charge on any atom is -0.287 e. The van der Waals surface area contributed by atoms with E-state index in [9.17, 15) is 9.59 Å². The molecule has 3 rings (SSSR count). The molecule has 122 valence electrons. The Kier molecular flexibility index (Phi) is 5.30. The van der Waals surface area contributed by atoms with Crippen molar-refractivity contribution < 1.29 is 0 Å². The van der Waals surface area contributed by atoms with Gasteiger partial charge >= 0.3 is 0 Å². The van der Waals surface area contributed by atoms with Crippen LogP contribution in [0.5, 0.6) is 0 Å². The summed E-state index contributed by atoms with van der Waals surface area (Å²) in [5, 5.41) is 3.41. The first-order chi connectivity index (χ1) is 11.5. The second kappa shape index (κ2) is 7.43. The van der Waals surface area contributed by atoms with Crippen molar-refractivity contribution >= 4 is 47.1 Å². The van der Waals surface area contributed by atoms with Gasteiger partial charge in [0.1, 0.15) is 0 Å². The van der Waals surface area contributed by atoms with Gasteiger partial charge in [-0.15, -0.1) is 22.7 Å². The van der Waals surface area contributed by atoms with Gasteiger partial charge in [0, 0.05) is 12.1 Å². The number of nitrogens with zero attached hydrogens (tertiary/aromatic N) is 2. The van der Waals surface area contributed by atoms with Crippen molar-refractivity contribution in [2.45, 2.75) is 13.1 Å². The van der Waals surface area contributed by atoms with Crippen LogP contribution in [0.2, 0.25) is 0 Å². The maximum Gasteiger partial charge on any atom is 0.253 e. The number of benzene rings is 1. The van der Waals surface area contributed by atoms with Gasteiger partial charge in [0.05, 0.1) is 13.1 Å². The van der Waals surface area contributed by atoms with Crippen molar-refractivity contribution in [3.63, 3.8) is 0 Å². The summed E-state index contributed by atoms with van der Waals surface area (Å²) >= 11 is 13.2. The second-order valence-electron chi connectivity index (χ2n) is 5.04. The van der Waals surface area contributed by atoms with Crippen LogP contribution in [-0.4, -0.2) is 9.13 Å². The van der Waals surface area contributed by atoms with Crippen molar-refractivity contribution in [1.82, 2.24) is 9.13 Å². The van der Waals surface area contributed by atoms with E-state index in [2.05, 4.69) is 0 Å². The lowest BCUT2D eigenvalue weighted by atomic mass is 10.1. The monoisotopic (exact) mass is 392 g/mol. The maximum absolute atomic E-state index is 11.9. The Labute approximate surface area is 155 Å². The summed E-state index contributed by atoms with van der Waals surface area (Å²) in [6.07, 6.45) is 0. The molecule has 0 amide bonds. The van der Waals surface area contributed by atoms with Crippen LogP contribution >= 0.6 is 47.1 Å². The molecule has 0 aliphatic carbocycles. The van der Waals surface area contributed by atoms with E-state index >= 15 is 0 Å². The second-order valence-corrected chi connectivity index (χ2v) is 8.12. The minimum atomic E-state index is -0.101. The molecule has 2 heterocycles. The molecule has 0 N–H and O–H groups in total. The molecule has 2 aromatic heterocycles. The van der Waals surface area contributed by atoms with Crippen molar-refractivity contribution in [3.05, 3.63) is 86.9 Å². The normalized spacial score (nSPS) is 10.7. The van der Waals surface area contributed by atoms with Crippen molar-refractivity contribution in [2.24, 2.45) is 0 Å². The van der Waals surface area contributed by atoms with Gasteiger partial charge in [0.15, 0.2) is 7.91 Å². The Morgan fingerprint density at radius 3 is 1.42 bits per heavy atom. The van der Waals surface area contributed by atoms with E-state index in [1.54, 1.807) is 19.9 Å². The molecular weight excluding hydrogens is 380 g/mol. The maximum atomic E-state index is 11.9. The van der Waals surface area contributed by atoms with E-state index in [0.29, 0.717) is 21.0 Å². The highest BCUT2D eigenvalue weighted by Gasteiger charge is 2.03. The molecule has 0 aliphatic heterocycles. The molecule has 1 aromatic carbocycles. The highest BCUT2D eigenvalue weighted by atomic mass is 32.2. The summed E-state index contributed by atoms with van der Waals surface area (Å²) in [6.45, 7) is 0.879. The predicted octanol–water partition coefficient (Wildman–Crippen LogP) is 3.69. The smallest absolute Gasteiger partial charge is 0.253 e. The number of hydrogen-bond donors (Lipinski definition) is 0. The van der Waals surface area contributed by atoms with Gasteiger partial charge in [-0.05, 0) is 46.3 Å². The van der Waals surface area contributed by atoms with Gasteiger partial charge in [-0.3, -0.25) is 18.7 Å². The van der Waals surface area contributed by atoms with Crippen LogP contribution in [0.3, 0.4) is 0 Å². The molecule has 0 saturated heterocycles. The molecule has 0 fully saturated rings. The van der Waals surface area contributed by atoms with Crippen LogP contribution in [0, 0.1) is 7.91 Å². The van der Waals surface area contributed by atoms with Gasteiger partial charge in [0.25, 0.3) is 11.1 Å². The van der Waals surface area contributed by atoms with Crippen LogP contribution < -0.4 is 11.1 Å². The Balaban J connectivity index is 1.84. The molecule has 0 atom stereocenters. The zero-order valence-electron chi connectivity index (χ0n) is 12.4. The van der Waals surface area contributed by atoms with Crippen LogP contribution in [0.4, 0.5) is 0 Å². The largest absolute Gasteiger partial charge is 0.287 e. The molecule has 0 bridgehead atoms. The third-order valence-electron chi connectivity index (χ3n) is 3.44. The fourth-order valence-electron chi connectivity index (χ4n) is 2.19. The zero-order chi connectivity index (χ0) is 17.1. The standard InChI is InChI=1S/C16H12N2O2S4/c19-13-5-7-23-15(21)17(13)9-11-1-2-12(4-3-11)10-18-14(20)6-8-24-16(18)22/h1-8H,9-10H2. The molecule has 0 spiro atoms. The van der Waals surface area contributed by atoms with Crippen molar-refractivity contribution in [2.75, 3.05) is 0 Å². The average molecular weight is 393 g/mol. The summed E-state index contributed by atoms with van der Waals surface area (Å²) in [4.78, 5) is 23.8. The van der Waals surface area contributed by atoms with E-state index in [0.717, 1.165) is 11.1 Å². The predicted molar refractivity (Wildman–Crippen MR) is 103 cm³/mol. The van der Waals surface area contributed by atoms with Crippen LogP contribution in [0.15, 0.2) is 56.7 Å². The van der Waals surface area contributed by atoms with Crippen LogP contribution in [0.1, 0.15) is 11.1 Å². The molecule has 0 saturated carbocycles. The zero-order valence-corrected chi connectivity index (χ0v) is 15.6. The van der Waals surface area contributed by atoms with Gasteiger partial charge in [-0.1, -0.05) is 24.3 Å². The van der Waals surface area contributed by atoms with Gasteiger partial charge in [-0.2, -0.15) is 0 Å². The van der Waals surface area contributed by atoms with Crippen molar-refractivity contribution in [1.29, 1.82) is 0 Å². The summed E-state index contributed by atoms with van der Waals surface area (Å²) in [5.41, 5.74) is 1.76. The Morgan fingerprint density at radius 2 is 1.08 bits per heavy atom. The molecule has 0 aliphatic rings. The van der Waals surface area contributed by atoms with Crippen molar-refractivity contribution in [3.8, 4) is 0 Å². The highest BCUT2D eigenvalue weighted by molar-refractivity contribution is 7.73. The molecule has 8 heteroatoms. The van der Waals surface area contributed by atoms with E-state index < -0.39 is 0 Å². The summed E-state index contributed by atoms with van der Waals surface area (Å²) in [7, 11) is 0. The first-order valence-electron chi connectivity index (χ1n) is 7.00. The third-order valence-corrected chi connectivity index (χ3v) is 5.84. The third kappa shape index (κ3) is 3.84. The lowest BCUT2D eigenvalue weighted by Crippen LogP contribution is -2.20. The van der Waals surface area contributed by atoms with Crippen LogP contribution in [0.25, 0.3) is 0 Å². The Hall–Kier alpha value is -1.74. The van der Waals surface area contributed by atoms with Gasteiger partial charge < -0.3 is 0 Å².